The lowest BCUT2D eigenvalue weighted by Crippen LogP contribution is -2.35. The fourth-order valence-corrected chi connectivity index (χ4v) is 6.09. The standard InChI is InChI=1S/C22H25N3O3S2/c1-2-16-8-11-19-20(14-16)29-22(23-19)24-21(26)15-17-6-9-18(10-7-17)30(27,28)25-12-4-3-5-13-25/h6-11,14H,2-5,12-13,15H2,1H3,(H,23,24,26). The number of benzene rings is 2. The Balaban J connectivity index is 1.41. The molecule has 1 aromatic heterocycles. The summed E-state index contributed by atoms with van der Waals surface area (Å²) >= 11 is 1.46. The van der Waals surface area contributed by atoms with E-state index < -0.39 is 10.0 Å². The Morgan fingerprint density at radius 3 is 2.47 bits per heavy atom. The van der Waals surface area contributed by atoms with Crippen molar-refractivity contribution in [1.29, 1.82) is 0 Å². The fraction of sp³-hybridized carbons (Fsp3) is 0.364. The molecule has 6 nitrogen and oxygen atoms in total. The van der Waals surface area contributed by atoms with Gasteiger partial charge in [0, 0.05) is 13.1 Å². The molecule has 0 unspecified atom stereocenters. The van der Waals surface area contributed by atoms with Gasteiger partial charge in [-0.1, -0.05) is 42.9 Å². The predicted molar refractivity (Wildman–Crippen MR) is 120 cm³/mol. The number of piperidine rings is 1. The smallest absolute Gasteiger partial charge is 0.243 e. The van der Waals surface area contributed by atoms with Gasteiger partial charge in [-0.2, -0.15) is 4.31 Å². The summed E-state index contributed by atoms with van der Waals surface area (Å²) < 4.78 is 28.1. The number of carbonyl (C=O) groups excluding carboxylic acids is 1. The molecule has 1 amide bonds. The summed E-state index contributed by atoms with van der Waals surface area (Å²) in [5, 5.41) is 3.43. The summed E-state index contributed by atoms with van der Waals surface area (Å²) in [4.78, 5) is 17.2. The van der Waals surface area contributed by atoms with E-state index in [9.17, 15) is 13.2 Å². The summed E-state index contributed by atoms with van der Waals surface area (Å²) in [7, 11) is -3.45. The van der Waals surface area contributed by atoms with Crippen molar-refractivity contribution in [3.8, 4) is 0 Å². The van der Waals surface area contributed by atoms with Gasteiger partial charge in [-0.3, -0.25) is 4.79 Å². The summed E-state index contributed by atoms with van der Waals surface area (Å²) in [5.41, 5.74) is 2.88. The van der Waals surface area contributed by atoms with E-state index in [0.29, 0.717) is 18.2 Å². The van der Waals surface area contributed by atoms with Gasteiger partial charge < -0.3 is 5.32 Å². The van der Waals surface area contributed by atoms with E-state index in [1.165, 1.54) is 16.9 Å². The van der Waals surface area contributed by atoms with Crippen LogP contribution in [0, 0.1) is 0 Å². The third-order valence-corrected chi connectivity index (χ3v) is 8.19. The van der Waals surface area contributed by atoms with Crippen molar-refractivity contribution >= 4 is 42.6 Å². The van der Waals surface area contributed by atoms with Crippen LogP contribution < -0.4 is 5.32 Å². The highest BCUT2D eigenvalue weighted by Crippen LogP contribution is 2.27. The van der Waals surface area contributed by atoms with E-state index in [2.05, 4.69) is 23.3 Å². The van der Waals surface area contributed by atoms with Gasteiger partial charge in [0.1, 0.15) is 0 Å². The number of nitrogens with one attached hydrogen (secondary N) is 1. The van der Waals surface area contributed by atoms with Crippen LogP contribution in [0.2, 0.25) is 0 Å². The molecule has 1 aliphatic rings. The first kappa shape index (κ1) is 21.0. The number of amides is 1. The number of anilines is 1. The second-order valence-electron chi connectivity index (χ2n) is 7.51. The number of aryl methyl sites for hydroxylation is 1. The highest BCUT2D eigenvalue weighted by Gasteiger charge is 2.25. The van der Waals surface area contributed by atoms with Crippen LogP contribution in [0.4, 0.5) is 5.13 Å². The third kappa shape index (κ3) is 4.55. The van der Waals surface area contributed by atoms with Crippen LogP contribution in [-0.4, -0.2) is 36.7 Å². The summed E-state index contributed by atoms with van der Waals surface area (Å²) in [5.74, 6) is -0.170. The Kier molecular flexibility index (Phi) is 6.17. The largest absolute Gasteiger partial charge is 0.302 e. The Morgan fingerprint density at radius 2 is 1.77 bits per heavy atom. The molecule has 2 heterocycles. The van der Waals surface area contributed by atoms with Crippen molar-refractivity contribution in [2.24, 2.45) is 0 Å². The summed E-state index contributed by atoms with van der Waals surface area (Å²) in [6.07, 6.45) is 4.01. The van der Waals surface area contributed by atoms with Crippen LogP contribution in [-0.2, 0) is 27.7 Å². The molecule has 0 saturated carbocycles. The zero-order valence-corrected chi connectivity index (χ0v) is 18.6. The number of carbonyl (C=O) groups is 1. The van der Waals surface area contributed by atoms with E-state index in [1.807, 2.05) is 12.1 Å². The molecule has 30 heavy (non-hydrogen) atoms. The van der Waals surface area contributed by atoms with Crippen molar-refractivity contribution in [3.05, 3.63) is 53.6 Å². The average Bonchev–Trinajstić information content (AvgIpc) is 3.15. The Morgan fingerprint density at radius 1 is 1.07 bits per heavy atom. The molecule has 0 aliphatic carbocycles. The van der Waals surface area contributed by atoms with E-state index in [0.717, 1.165) is 41.5 Å². The first-order chi connectivity index (χ1) is 14.5. The molecule has 1 fully saturated rings. The number of thiazole rings is 1. The summed E-state index contributed by atoms with van der Waals surface area (Å²) in [6, 6.07) is 12.7. The topological polar surface area (TPSA) is 79.4 Å². The number of nitrogens with zero attached hydrogens (tertiary/aromatic N) is 2. The van der Waals surface area contributed by atoms with Crippen molar-refractivity contribution in [2.45, 2.75) is 43.9 Å². The van der Waals surface area contributed by atoms with Crippen molar-refractivity contribution < 1.29 is 13.2 Å². The van der Waals surface area contributed by atoms with Gasteiger partial charge in [-0.25, -0.2) is 13.4 Å². The van der Waals surface area contributed by atoms with Crippen molar-refractivity contribution in [2.75, 3.05) is 18.4 Å². The molecule has 0 spiro atoms. The Labute approximate surface area is 181 Å². The lowest BCUT2D eigenvalue weighted by atomic mass is 10.1. The normalized spacial score (nSPS) is 15.4. The van der Waals surface area contributed by atoms with E-state index in [4.69, 9.17) is 0 Å². The average molecular weight is 444 g/mol. The van der Waals surface area contributed by atoms with Crippen LogP contribution in [0.25, 0.3) is 10.2 Å². The third-order valence-electron chi connectivity index (χ3n) is 5.35. The maximum absolute atomic E-state index is 12.7. The Bertz CT molecular complexity index is 1150. The molecule has 8 heteroatoms. The quantitative estimate of drug-likeness (QED) is 0.619. The summed E-state index contributed by atoms with van der Waals surface area (Å²) in [6.45, 7) is 3.26. The number of aromatic nitrogens is 1. The maximum atomic E-state index is 12.7. The highest BCUT2D eigenvalue weighted by atomic mass is 32.2. The lowest BCUT2D eigenvalue weighted by Gasteiger charge is -2.25. The first-order valence-electron chi connectivity index (χ1n) is 10.2. The Hall–Kier alpha value is -2.29. The van der Waals surface area contributed by atoms with Gasteiger partial charge in [-0.05, 0) is 54.7 Å². The number of sulfonamides is 1. The van der Waals surface area contributed by atoms with Crippen LogP contribution >= 0.6 is 11.3 Å². The van der Waals surface area contributed by atoms with E-state index in [-0.39, 0.29) is 17.2 Å². The molecule has 158 valence electrons. The maximum Gasteiger partial charge on any atom is 0.243 e. The van der Waals surface area contributed by atoms with Gasteiger partial charge >= 0.3 is 0 Å². The molecule has 0 atom stereocenters. The fourth-order valence-electron chi connectivity index (χ4n) is 3.62. The number of fused-ring (bicyclic) bond motifs is 1. The van der Waals surface area contributed by atoms with Crippen LogP contribution in [0.15, 0.2) is 47.4 Å². The number of hydrogen-bond donors (Lipinski definition) is 1. The second-order valence-corrected chi connectivity index (χ2v) is 10.5. The molecule has 2 aromatic carbocycles. The molecule has 0 radical (unpaired) electrons. The van der Waals surface area contributed by atoms with Gasteiger partial charge in [0.15, 0.2) is 5.13 Å². The van der Waals surface area contributed by atoms with Gasteiger partial charge in [0.25, 0.3) is 0 Å². The zero-order valence-electron chi connectivity index (χ0n) is 16.9. The SMILES string of the molecule is CCc1ccc2nc(NC(=O)Cc3ccc(S(=O)(=O)N4CCCCC4)cc3)sc2c1. The highest BCUT2D eigenvalue weighted by molar-refractivity contribution is 7.89. The predicted octanol–water partition coefficient (Wildman–Crippen LogP) is 4.21. The van der Waals surface area contributed by atoms with E-state index >= 15 is 0 Å². The first-order valence-corrected chi connectivity index (χ1v) is 12.5. The molecular weight excluding hydrogens is 418 g/mol. The molecule has 4 rings (SSSR count). The van der Waals surface area contributed by atoms with Crippen LogP contribution in [0.5, 0.6) is 0 Å². The van der Waals surface area contributed by atoms with Crippen molar-refractivity contribution in [1.82, 2.24) is 9.29 Å². The second kappa shape index (κ2) is 8.83. The molecule has 0 bridgehead atoms. The zero-order chi connectivity index (χ0) is 21.1. The molecular formula is C22H25N3O3S2. The lowest BCUT2D eigenvalue weighted by molar-refractivity contribution is -0.115. The molecule has 1 aliphatic heterocycles. The van der Waals surface area contributed by atoms with Crippen LogP contribution in [0.1, 0.15) is 37.3 Å². The minimum Gasteiger partial charge on any atom is -0.302 e. The van der Waals surface area contributed by atoms with Crippen molar-refractivity contribution in [3.63, 3.8) is 0 Å². The van der Waals surface area contributed by atoms with Gasteiger partial charge in [-0.15, -0.1) is 0 Å². The van der Waals surface area contributed by atoms with Gasteiger partial charge in [0.05, 0.1) is 21.5 Å². The minimum absolute atomic E-state index is 0.167. The van der Waals surface area contributed by atoms with E-state index in [1.54, 1.807) is 28.6 Å². The minimum atomic E-state index is -3.45. The number of rotatable bonds is 6. The van der Waals surface area contributed by atoms with Gasteiger partial charge in [0.2, 0.25) is 15.9 Å². The van der Waals surface area contributed by atoms with Crippen LogP contribution in [0.3, 0.4) is 0 Å². The monoisotopic (exact) mass is 443 g/mol. The molecule has 1 saturated heterocycles. The number of hydrogen-bond acceptors (Lipinski definition) is 5. The molecule has 3 aromatic rings. The molecule has 1 N–H and O–H groups in total.